The first-order valence-electron chi connectivity index (χ1n) is 6.69. The Bertz CT molecular complexity index is 658. The van der Waals surface area contributed by atoms with Gasteiger partial charge >= 0.3 is 0 Å². The molecule has 0 radical (unpaired) electrons. The first-order chi connectivity index (χ1) is 10.1. The number of hydrogen-bond acceptors (Lipinski definition) is 4. The molecule has 0 aromatic heterocycles. The van der Waals surface area contributed by atoms with Crippen molar-refractivity contribution in [3.05, 3.63) is 47.8 Å². The highest BCUT2D eigenvalue weighted by atomic mass is 32.2. The molecule has 0 saturated carbocycles. The van der Waals surface area contributed by atoms with Crippen LogP contribution < -0.4 is 9.47 Å². The number of hydrogen-bond donors (Lipinski definition) is 1. The van der Waals surface area contributed by atoms with Crippen LogP contribution in [0.2, 0.25) is 0 Å². The lowest BCUT2D eigenvalue weighted by atomic mass is 10.1. The maximum Gasteiger partial charge on any atom is 0.162 e. The van der Waals surface area contributed by atoms with Crippen molar-refractivity contribution < 1.29 is 19.0 Å². The Hall–Kier alpha value is -1.72. The summed E-state index contributed by atoms with van der Waals surface area (Å²) in [6.07, 6.45) is -0.856. The van der Waals surface area contributed by atoms with Crippen LogP contribution in [0.3, 0.4) is 0 Å². The van der Waals surface area contributed by atoms with E-state index in [9.17, 15) is 9.50 Å². The molecule has 0 bridgehead atoms. The summed E-state index contributed by atoms with van der Waals surface area (Å²) in [6.45, 7) is 2.64. The molecule has 5 heteroatoms. The van der Waals surface area contributed by atoms with Crippen LogP contribution in [-0.2, 0) is 0 Å². The van der Waals surface area contributed by atoms with Gasteiger partial charge in [0, 0.05) is 15.4 Å². The smallest absolute Gasteiger partial charge is 0.162 e. The number of benzene rings is 2. The van der Waals surface area contributed by atoms with Crippen LogP contribution in [0.4, 0.5) is 4.39 Å². The zero-order valence-electron chi connectivity index (χ0n) is 11.5. The van der Waals surface area contributed by atoms with Gasteiger partial charge in [-0.2, -0.15) is 0 Å². The third kappa shape index (κ3) is 2.99. The summed E-state index contributed by atoms with van der Waals surface area (Å²) in [4.78, 5) is 1.61. The Morgan fingerprint density at radius 3 is 2.67 bits per heavy atom. The van der Waals surface area contributed by atoms with Gasteiger partial charge in [0.05, 0.1) is 6.10 Å². The number of halogens is 1. The molecule has 0 spiro atoms. The Labute approximate surface area is 126 Å². The summed E-state index contributed by atoms with van der Waals surface area (Å²) < 4.78 is 24.9. The molecule has 110 valence electrons. The van der Waals surface area contributed by atoms with Crippen LogP contribution in [0, 0.1) is 5.82 Å². The van der Waals surface area contributed by atoms with Crippen molar-refractivity contribution >= 4 is 11.8 Å². The molecule has 1 aliphatic heterocycles. The standard InChI is InChI=1S/C16H15FO3S/c1-10(18)16-12(17)3-2-4-15(16)21-11-5-6-13-14(9-11)20-8-7-19-13/h2-6,9-10,18H,7-8H2,1H3/t10-/m1/s1. The fraction of sp³-hybridized carbons (Fsp3) is 0.250. The van der Waals surface area contributed by atoms with E-state index < -0.39 is 11.9 Å². The van der Waals surface area contributed by atoms with Crippen molar-refractivity contribution in [2.75, 3.05) is 13.2 Å². The van der Waals surface area contributed by atoms with E-state index in [1.807, 2.05) is 18.2 Å². The maximum absolute atomic E-state index is 13.9. The van der Waals surface area contributed by atoms with Crippen LogP contribution >= 0.6 is 11.8 Å². The zero-order chi connectivity index (χ0) is 14.8. The molecule has 1 atom stereocenters. The molecule has 1 N–H and O–H groups in total. The van der Waals surface area contributed by atoms with Gasteiger partial charge in [-0.25, -0.2) is 4.39 Å². The Morgan fingerprint density at radius 2 is 1.90 bits per heavy atom. The maximum atomic E-state index is 13.9. The number of aliphatic hydroxyl groups is 1. The van der Waals surface area contributed by atoms with E-state index in [1.54, 1.807) is 19.1 Å². The third-order valence-corrected chi connectivity index (χ3v) is 4.24. The Morgan fingerprint density at radius 1 is 1.14 bits per heavy atom. The molecular formula is C16H15FO3S. The minimum atomic E-state index is -0.856. The van der Waals surface area contributed by atoms with Crippen LogP contribution in [0.15, 0.2) is 46.2 Å². The minimum Gasteiger partial charge on any atom is -0.486 e. The predicted molar refractivity (Wildman–Crippen MR) is 78.6 cm³/mol. The average molecular weight is 306 g/mol. The molecule has 0 unspecified atom stereocenters. The fourth-order valence-corrected chi connectivity index (χ4v) is 3.31. The van der Waals surface area contributed by atoms with E-state index in [-0.39, 0.29) is 0 Å². The summed E-state index contributed by atoms with van der Waals surface area (Å²) in [5, 5.41) is 9.76. The molecule has 3 nitrogen and oxygen atoms in total. The monoisotopic (exact) mass is 306 g/mol. The van der Waals surface area contributed by atoms with E-state index in [2.05, 4.69) is 0 Å². The largest absolute Gasteiger partial charge is 0.486 e. The number of rotatable bonds is 3. The highest BCUT2D eigenvalue weighted by molar-refractivity contribution is 7.99. The predicted octanol–water partition coefficient (Wildman–Crippen LogP) is 3.80. The van der Waals surface area contributed by atoms with Crippen LogP contribution in [-0.4, -0.2) is 18.3 Å². The normalized spacial score (nSPS) is 14.8. The molecule has 2 aromatic rings. The highest BCUT2D eigenvalue weighted by Crippen LogP contribution is 2.39. The fourth-order valence-electron chi connectivity index (χ4n) is 2.23. The van der Waals surface area contributed by atoms with E-state index in [0.717, 1.165) is 10.6 Å². The summed E-state index contributed by atoms with van der Waals surface area (Å²) in [5.74, 6) is 1.02. The van der Waals surface area contributed by atoms with Crippen molar-refractivity contribution in [3.63, 3.8) is 0 Å². The highest BCUT2D eigenvalue weighted by Gasteiger charge is 2.16. The van der Waals surface area contributed by atoms with Gasteiger partial charge in [0.25, 0.3) is 0 Å². The first kappa shape index (κ1) is 14.2. The van der Waals surface area contributed by atoms with Gasteiger partial charge < -0.3 is 14.6 Å². The lowest BCUT2D eigenvalue weighted by Gasteiger charge is -2.19. The molecule has 0 saturated heterocycles. The zero-order valence-corrected chi connectivity index (χ0v) is 12.3. The van der Waals surface area contributed by atoms with Crippen molar-refractivity contribution in [3.8, 4) is 11.5 Å². The number of ether oxygens (including phenoxy) is 2. The molecule has 0 amide bonds. The first-order valence-corrected chi connectivity index (χ1v) is 7.51. The number of aliphatic hydroxyl groups excluding tert-OH is 1. The van der Waals surface area contributed by atoms with E-state index >= 15 is 0 Å². The topological polar surface area (TPSA) is 38.7 Å². The molecule has 3 rings (SSSR count). The van der Waals surface area contributed by atoms with E-state index in [4.69, 9.17) is 9.47 Å². The summed E-state index contributed by atoms with van der Waals surface area (Å²) in [6, 6.07) is 10.4. The second-order valence-corrected chi connectivity index (χ2v) is 5.85. The summed E-state index contributed by atoms with van der Waals surface area (Å²) >= 11 is 1.39. The van der Waals surface area contributed by atoms with Gasteiger partial charge in [-0.15, -0.1) is 0 Å². The van der Waals surface area contributed by atoms with Gasteiger partial charge in [-0.1, -0.05) is 17.8 Å². The molecule has 0 aliphatic carbocycles. The molecule has 1 heterocycles. The lowest BCUT2D eigenvalue weighted by molar-refractivity contribution is 0.171. The van der Waals surface area contributed by atoms with E-state index in [1.165, 1.54) is 17.8 Å². The van der Waals surface area contributed by atoms with Crippen molar-refractivity contribution in [2.45, 2.75) is 22.8 Å². The van der Waals surface area contributed by atoms with Crippen molar-refractivity contribution in [2.24, 2.45) is 0 Å². The van der Waals surface area contributed by atoms with E-state index in [0.29, 0.717) is 29.4 Å². The van der Waals surface area contributed by atoms with Crippen molar-refractivity contribution in [1.82, 2.24) is 0 Å². The lowest BCUT2D eigenvalue weighted by Crippen LogP contribution is -2.15. The van der Waals surface area contributed by atoms with Crippen molar-refractivity contribution in [1.29, 1.82) is 0 Å². The van der Waals surface area contributed by atoms with Gasteiger partial charge in [-0.05, 0) is 37.3 Å². The second-order valence-electron chi connectivity index (χ2n) is 4.74. The van der Waals surface area contributed by atoms with Crippen LogP contribution in [0.1, 0.15) is 18.6 Å². The molecule has 0 fully saturated rings. The Balaban J connectivity index is 1.92. The van der Waals surface area contributed by atoms with Gasteiger partial charge in [0.1, 0.15) is 19.0 Å². The average Bonchev–Trinajstić information content (AvgIpc) is 2.47. The quantitative estimate of drug-likeness (QED) is 0.936. The minimum absolute atomic E-state index is 0.317. The van der Waals surface area contributed by atoms with Gasteiger partial charge in [0.2, 0.25) is 0 Å². The van der Waals surface area contributed by atoms with Gasteiger partial charge in [-0.3, -0.25) is 0 Å². The van der Waals surface area contributed by atoms with Crippen LogP contribution in [0.5, 0.6) is 11.5 Å². The molecular weight excluding hydrogens is 291 g/mol. The SMILES string of the molecule is C[C@@H](O)c1c(F)cccc1Sc1ccc2c(c1)OCCO2. The number of fused-ring (bicyclic) bond motifs is 1. The molecule has 2 aromatic carbocycles. The third-order valence-electron chi connectivity index (χ3n) is 3.17. The summed E-state index contributed by atoms with van der Waals surface area (Å²) in [7, 11) is 0. The molecule has 1 aliphatic rings. The van der Waals surface area contributed by atoms with Crippen LogP contribution in [0.25, 0.3) is 0 Å². The Kier molecular flexibility index (Phi) is 4.03. The summed E-state index contributed by atoms with van der Waals surface area (Å²) in [5.41, 5.74) is 0.317. The molecule has 21 heavy (non-hydrogen) atoms. The van der Waals surface area contributed by atoms with Gasteiger partial charge in [0.15, 0.2) is 11.5 Å². The second kappa shape index (κ2) is 5.95.